The summed E-state index contributed by atoms with van der Waals surface area (Å²) in [6.07, 6.45) is 1.14. The maximum Gasteiger partial charge on any atom is 0.0519 e. The molecule has 1 fully saturated rings. The van der Waals surface area contributed by atoms with Crippen molar-refractivity contribution in [2.75, 3.05) is 18.5 Å². The van der Waals surface area contributed by atoms with E-state index in [1.807, 2.05) is 0 Å². The molecule has 1 N–H and O–H groups in total. The Balaban J connectivity index is 1.98. The van der Waals surface area contributed by atoms with E-state index < -0.39 is 0 Å². The molecule has 0 radical (unpaired) electrons. The molecular weight excluding hydrogens is 186 g/mol. The molecule has 2 heterocycles. The molecule has 0 aromatic heterocycles. The number of ether oxygens (including phenoxy) is 1. The van der Waals surface area contributed by atoms with Crippen molar-refractivity contribution in [2.45, 2.75) is 25.3 Å². The Labute approximate surface area is 90.6 Å². The summed E-state index contributed by atoms with van der Waals surface area (Å²) in [6.45, 7) is 4.14. The Morgan fingerprint density at radius 2 is 2.20 bits per heavy atom. The molecule has 2 heteroatoms. The fraction of sp³-hybridized carbons (Fsp3) is 0.538. The molecule has 3 rings (SSSR count). The third-order valence-electron chi connectivity index (χ3n) is 3.83. The van der Waals surface area contributed by atoms with Crippen LogP contribution in [-0.4, -0.2) is 19.3 Å². The van der Waals surface area contributed by atoms with E-state index in [0.717, 1.165) is 19.6 Å². The molecule has 0 saturated carbocycles. The molecule has 2 aliphatic heterocycles. The van der Waals surface area contributed by atoms with E-state index in [1.54, 1.807) is 0 Å². The zero-order valence-corrected chi connectivity index (χ0v) is 9.07. The van der Waals surface area contributed by atoms with Gasteiger partial charge in [-0.3, -0.25) is 0 Å². The highest BCUT2D eigenvalue weighted by Crippen LogP contribution is 2.40. The van der Waals surface area contributed by atoms with Crippen molar-refractivity contribution in [2.24, 2.45) is 5.92 Å². The second-order valence-electron chi connectivity index (χ2n) is 4.65. The minimum absolute atomic E-state index is 0.614. The SMILES string of the molecule is C[C@@H]1c2ccccc2N[C@@H]2CCOC[C@H]12. The van der Waals surface area contributed by atoms with E-state index in [2.05, 4.69) is 36.5 Å². The Morgan fingerprint density at radius 3 is 3.13 bits per heavy atom. The summed E-state index contributed by atoms with van der Waals surface area (Å²) in [6, 6.07) is 9.28. The maximum atomic E-state index is 5.58. The molecular formula is C13H17NO. The summed E-state index contributed by atoms with van der Waals surface area (Å²) in [5.74, 6) is 1.27. The van der Waals surface area contributed by atoms with E-state index in [9.17, 15) is 0 Å². The first-order valence-corrected chi connectivity index (χ1v) is 5.79. The lowest BCUT2D eigenvalue weighted by Gasteiger charge is -2.41. The van der Waals surface area contributed by atoms with Gasteiger partial charge in [0.15, 0.2) is 0 Å². The predicted molar refractivity (Wildman–Crippen MR) is 61.2 cm³/mol. The third kappa shape index (κ3) is 1.44. The van der Waals surface area contributed by atoms with Crippen molar-refractivity contribution in [3.05, 3.63) is 29.8 Å². The average Bonchev–Trinajstić information content (AvgIpc) is 2.30. The largest absolute Gasteiger partial charge is 0.382 e. The van der Waals surface area contributed by atoms with E-state index in [1.165, 1.54) is 11.3 Å². The van der Waals surface area contributed by atoms with Gasteiger partial charge in [-0.05, 0) is 24.0 Å². The Bertz CT molecular complexity index is 363. The number of hydrogen-bond donors (Lipinski definition) is 1. The Hall–Kier alpha value is -1.02. The minimum Gasteiger partial charge on any atom is -0.382 e. The van der Waals surface area contributed by atoms with E-state index >= 15 is 0 Å². The monoisotopic (exact) mass is 203 g/mol. The molecule has 0 unspecified atom stereocenters. The molecule has 1 saturated heterocycles. The molecule has 0 amide bonds. The number of anilines is 1. The van der Waals surface area contributed by atoms with Gasteiger partial charge < -0.3 is 10.1 Å². The lowest BCUT2D eigenvalue weighted by atomic mass is 9.77. The fourth-order valence-electron chi connectivity index (χ4n) is 2.89. The average molecular weight is 203 g/mol. The van der Waals surface area contributed by atoms with Crippen molar-refractivity contribution < 1.29 is 4.74 Å². The minimum atomic E-state index is 0.614. The lowest BCUT2D eigenvalue weighted by Crippen LogP contribution is -2.43. The van der Waals surface area contributed by atoms with E-state index in [0.29, 0.717) is 17.9 Å². The molecule has 2 nitrogen and oxygen atoms in total. The van der Waals surface area contributed by atoms with Gasteiger partial charge in [-0.1, -0.05) is 25.1 Å². The van der Waals surface area contributed by atoms with Crippen molar-refractivity contribution in [3.63, 3.8) is 0 Å². The van der Waals surface area contributed by atoms with Crippen molar-refractivity contribution in [1.29, 1.82) is 0 Å². The fourth-order valence-corrected chi connectivity index (χ4v) is 2.89. The summed E-state index contributed by atoms with van der Waals surface area (Å²) in [7, 11) is 0. The first-order chi connectivity index (χ1) is 7.36. The molecule has 80 valence electrons. The van der Waals surface area contributed by atoms with Gasteiger partial charge in [0.05, 0.1) is 6.61 Å². The van der Waals surface area contributed by atoms with Gasteiger partial charge in [-0.25, -0.2) is 0 Å². The molecule has 1 aromatic carbocycles. The van der Waals surface area contributed by atoms with Gasteiger partial charge in [-0.15, -0.1) is 0 Å². The molecule has 0 bridgehead atoms. The first kappa shape index (κ1) is 9.22. The van der Waals surface area contributed by atoms with Gasteiger partial charge in [0.1, 0.15) is 0 Å². The standard InChI is InChI=1S/C13H17NO/c1-9-10-4-2-3-5-12(10)14-13-6-7-15-8-11(9)13/h2-5,9,11,13-14H,6-8H2,1H3/t9-,11-,13-/m1/s1. The lowest BCUT2D eigenvalue weighted by molar-refractivity contribution is 0.0358. The normalized spacial score (nSPS) is 33.8. The Kier molecular flexibility index (Phi) is 2.17. The van der Waals surface area contributed by atoms with Gasteiger partial charge >= 0.3 is 0 Å². The van der Waals surface area contributed by atoms with Crippen molar-refractivity contribution in [1.82, 2.24) is 0 Å². The first-order valence-electron chi connectivity index (χ1n) is 5.79. The van der Waals surface area contributed by atoms with Crippen LogP contribution in [-0.2, 0) is 4.74 Å². The topological polar surface area (TPSA) is 21.3 Å². The maximum absolute atomic E-state index is 5.58. The molecule has 3 atom stereocenters. The zero-order valence-electron chi connectivity index (χ0n) is 9.07. The number of hydrogen-bond acceptors (Lipinski definition) is 2. The third-order valence-corrected chi connectivity index (χ3v) is 3.83. The highest BCUT2D eigenvalue weighted by atomic mass is 16.5. The highest BCUT2D eigenvalue weighted by Gasteiger charge is 2.35. The second kappa shape index (κ2) is 3.53. The molecule has 1 aromatic rings. The summed E-state index contributed by atoms with van der Waals surface area (Å²) in [5, 5.41) is 3.65. The highest BCUT2D eigenvalue weighted by molar-refractivity contribution is 5.56. The van der Waals surface area contributed by atoms with Gasteiger partial charge in [0.25, 0.3) is 0 Å². The van der Waals surface area contributed by atoms with Gasteiger partial charge in [0.2, 0.25) is 0 Å². The van der Waals surface area contributed by atoms with Gasteiger partial charge in [0, 0.05) is 24.3 Å². The van der Waals surface area contributed by atoms with E-state index in [-0.39, 0.29) is 0 Å². The molecule has 0 aliphatic carbocycles. The summed E-state index contributed by atoms with van der Waals surface area (Å²) in [4.78, 5) is 0. The number of fused-ring (bicyclic) bond motifs is 2. The van der Waals surface area contributed by atoms with Crippen LogP contribution in [0.4, 0.5) is 5.69 Å². The quantitative estimate of drug-likeness (QED) is 0.700. The van der Waals surface area contributed by atoms with Crippen LogP contribution in [0, 0.1) is 5.92 Å². The van der Waals surface area contributed by atoms with Gasteiger partial charge in [-0.2, -0.15) is 0 Å². The smallest absolute Gasteiger partial charge is 0.0519 e. The van der Waals surface area contributed by atoms with Crippen LogP contribution in [0.15, 0.2) is 24.3 Å². The number of nitrogens with one attached hydrogen (secondary N) is 1. The van der Waals surface area contributed by atoms with E-state index in [4.69, 9.17) is 4.74 Å². The van der Waals surface area contributed by atoms with Crippen LogP contribution in [0.1, 0.15) is 24.8 Å². The number of rotatable bonds is 0. The number of benzene rings is 1. The Morgan fingerprint density at radius 1 is 1.33 bits per heavy atom. The zero-order chi connectivity index (χ0) is 10.3. The summed E-state index contributed by atoms with van der Waals surface area (Å²) >= 11 is 0. The number of para-hydroxylation sites is 1. The van der Waals surface area contributed by atoms with Crippen LogP contribution in [0.2, 0.25) is 0 Å². The molecule has 15 heavy (non-hydrogen) atoms. The summed E-state index contributed by atoms with van der Waals surface area (Å²) in [5.41, 5.74) is 2.78. The van der Waals surface area contributed by atoms with Crippen LogP contribution in [0.3, 0.4) is 0 Å². The predicted octanol–water partition coefficient (Wildman–Crippen LogP) is 2.62. The van der Waals surface area contributed by atoms with Crippen LogP contribution < -0.4 is 5.32 Å². The van der Waals surface area contributed by atoms with Crippen LogP contribution >= 0.6 is 0 Å². The van der Waals surface area contributed by atoms with Crippen LogP contribution in [0.5, 0.6) is 0 Å². The van der Waals surface area contributed by atoms with Crippen molar-refractivity contribution >= 4 is 5.69 Å². The molecule has 0 spiro atoms. The summed E-state index contributed by atoms with van der Waals surface area (Å²) < 4.78 is 5.58. The van der Waals surface area contributed by atoms with Crippen molar-refractivity contribution in [3.8, 4) is 0 Å². The molecule has 2 aliphatic rings. The second-order valence-corrected chi connectivity index (χ2v) is 4.65. The van der Waals surface area contributed by atoms with Crippen LogP contribution in [0.25, 0.3) is 0 Å².